The van der Waals surface area contributed by atoms with Crippen LogP contribution in [0.15, 0.2) is 59.5 Å². The quantitative estimate of drug-likeness (QED) is 0.615. The monoisotopic (exact) mass is 424 g/mol. The Morgan fingerprint density at radius 3 is 2.40 bits per heavy atom. The number of piperazine rings is 1. The topological polar surface area (TPSA) is 82.6 Å². The summed E-state index contributed by atoms with van der Waals surface area (Å²) in [5.41, 5.74) is 1.64. The van der Waals surface area contributed by atoms with Gasteiger partial charge >= 0.3 is 0 Å². The van der Waals surface area contributed by atoms with Gasteiger partial charge in [0.25, 0.3) is 0 Å². The molecule has 1 aromatic heterocycles. The van der Waals surface area contributed by atoms with Crippen LogP contribution < -0.4 is 9.62 Å². The number of sulfonamides is 1. The van der Waals surface area contributed by atoms with Crippen LogP contribution in [0.3, 0.4) is 0 Å². The zero-order valence-corrected chi connectivity index (χ0v) is 17.6. The number of nitrogens with zero attached hydrogens (tertiary/aromatic N) is 3. The SMILES string of the molecule is CCNS(=O)(=O)c1ccc(-c2cc3ccccc3c(N3CCN(C=O)CC3)n2)cc1. The van der Waals surface area contributed by atoms with Crippen LogP contribution in [-0.4, -0.2) is 57.4 Å². The van der Waals surface area contributed by atoms with Crippen LogP contribution in [0.2, 0.25) is 0 Å². The van der Waals surface area contributed by atoms with E-state index < -0.39 is 10.0 Å². The fourth-order valence-corrected chi connectivity index (χ4v) is 4.73. The van der Waals surface area contributed by atoms with Crippen LogP contribution in [0, 0.1) is 0 Å². The summed E-state index contributed by atoms with van der Waals surface area (Å²) >= 11 is 0. The number of benzene rings is 2. The van der Waals surface area contributed by atoms with Crippen molar-refractivity contribution >= 4 is 33.0 Å². The van der Waals surface area contributed by atoms with Crippen molar-refractivity contribution in [2.24, 2.45) is 0 Å². The summed E-state index contributed by atoms with van der Waals surface area (Å²) < 4.78 is 26.9. The molecule has 0 radical (unpaired) electrons. The Bertz CT molecular complexity index is 1150. The minimum absolute atomic E-state index is 0.235. The Balaban J connectivity index is 1.73. The standard InChI is InChI=1S/C22H24N4O3S/c1-2-23-30(28,29)19-9-7-17(8-10-19)21-15-18-5-3-4-6-20(18)22(24-21)26-13-11-25(16-27)12-14-26/h3-10,15-16,23H,2,11-14H2,1H3. The smallest absolute Gasteiger partial charge is 0.240 e. The number of amides is 1. The molecule has 1 amide bonds. The Kier molecular flexibility index (Phi) is 5.69. The fraction of sp³-hybridized carbons (Fsp3) is 0.273. The van der Waals surface area contributed by atoms with E-state index >= 15 is 0 Å². The molecule has 4 rings (SSSR count). The van der Waals surface area contributed by atoms with E-state index in [1.165, 1.54) is 0 Å². The first kappa shape index (κ1) is 20.3. The maximum absolute atomic E-state index is 12.2. The highest BCUT2D eigenvalue weighted by atomic mass is 32.2. The molecule has 0 unspecified atom stereocenters. The summed E-state index contributed by atoms with van der Waals surface area (Å²) in [5, 5.41) is 2.13. The zero-order chi connectivity index (χ0) is 21.1. The second-order valence-corrected chi connectivity index (χ2v) is 8.97. The Morgan fingerprint density at radius 2 is 1.73 bits per heavy atom. The van der Waals surface area contributed by atoms with Crippen LogP contribution in [0.4, 0.5) is 5.82 Å². The molecule has 3 aromatic rings. The zero-order valence-electron chi connectivity index (χ0n) is 16.8. The molecule has 0 spiro atoms. The third-order valence-corrected chi connectivity index (χ3v) is 6.84. The number of rotatable bonds is 6. The van der Waals surface area contributed by atoms with Crippen molar-refractivity contribution in [1.82, 2.24) is 14.6 Å². The lowest BCUT2D eigenvalue weighted by atomic mass is 10.1. The number of carbonyl (C=O) groups is 1. The van der Waals surface area contributed by atoms with Gasteiger partial charge in [0.05, 0.1) is 10.6 Å². The van der Waals surface area contributed by atoms with Crippen molar-refractivity contribution < 1.29 is 13.2 Å². The highest BCUT2D eigenvalue weighted by Gasteiger charge is 2.20. The molecule has 0 atom stereocenters. The molecular formula is C22H24N4O3S. The molecule has 8 heteroatoms. The van der Waals surface area contributed by atoms with Gasteiger partial charge in [-0.3, -0.25) is 4.79 Å². The van der Waals surface area contributed by atoms with E-state index in [0.29, 0.717) is 19.6 Å². The summed E-state index contributed by atoms with van der Waals surface area (Å²) in [7, 11) is -3.49. The maximum Gasteiger partial charge on any atom is 0.240 e. The van der Waals surface area contributed by atoms with E-state index in [2.05, 4.69) is 21.8 Å². The number of fused-ring (bicyclic) bond motifs is 1. The molecule has 156 valence electrons. The first-order valence-electron chi connectivity index (χ1n) is 9.96. The van der Waals surface area contributed by atoms with Gasteiger partial charge in [0, 0.05) is 43.7 Å². The Hall–Kier alpha value is -2.97. The van der Waals surface area contributed by atoms with Gasteiger partial charge in [-0.2, -0.15) is 0 Å². The van der Waals surface area contributed by atoms with Crippen molar-refractivity contribution in [3.05, 3.63) is 54.6 Å². The lowest BCUT2D eigenvalue weighted by Gasteiger charge is -2.34. The van der Waals surface area contributed by atoms with Crippen molar-refractivity contribution in [1.29, 1.82) is 0 Å². The summed E-state index contributed by atoms with van der Waals surface area (Å²) in [5.74, 6) is 0.887. The van der Waals surface area contributed by atoms with Crippen LogP contribution in [0.1, 0.15) is 6.92 Å². The molecule has 0 bridgehead atoms. The van der Waals surface area contributed by atoms with E-state index in [-0.39, 0.29) is 4.90 Å². The maximum atomic E-state index is 12.2. The van der Waals surface area contributed by atoms with Crippen molar-refractivity contribution in [3.63, 3.8) is 0 Å². The first-order chi connectivity index (χ1) is 14.5. The molecule has 1 aliphatic heterocycles. The Morgan fingerprint density at radius 1 is 1.03 bits per heavy atom. The molecule has 30 heavy (non-hydrogen) atoms. The molecule has 1 fully saturated rings. The summed E-state index contributed by atoms with van der Waals surface area (Å²) in [4.78, 5) is 20.2. The number of hydrogen-bond acceptors (Lipinski definition) is 5. The molecule has 2 heterocycles. The average molecular weight is 425 g/mol. The van der Waals surface area contributed by atoms with Crippen LogP contribution >= 0.6 is 0 Å². The number of anilines is 1. The minimum Gasteiger partial charge on any atom is -0.353 e. The summed E-state index contributed by atoms with van der Waals surface area (Å²) in [6.07, 6.45) is 0.891. The van der Waals surface area contributed by atoms with Gasteiger partial charge in [-0.15, -0.1) is 0 Å². The molecule has 1 N–H and O–H groups in total. The van der Waals surface area contributed by atoms with Crippen LogP contribution in [0.25, 0.3) is 22.0 Å². The normalized spacial score (nSPS) is 14.8. The summed E-state index contributed by atoms with van der Waals surface area (Å²) in [6, 6.07) is 16.9. The molecule has 2 aromatic carbocycles. The van der Waals surface area contributed by atoms with Crippen molar-refractivity contribution in [2.45, 2.75) is 11.8 Å². The largest absolute Gasteiger partial charge is 0.353 e. The van der Waals surface area contributed by atoms with Gasteiger partial charge in [-0.05, 0) is 23.6 Å². The highest BCUT2D eigenvalue weighted by molar-refractivity contribution is 7.89. The lowest BCUT2D eigenvalue weighted by Crippen LogP contribution is -2.46. The number of nitrogens with one attached hydrogen (secondary N) is 1. The van der Waals surface area contributed by atoms with E-state index in [1.54, 1.807) is 36.1 Å². The predicted octanol–water partition coefficient (Wildman–Crippen LogP) is 2.48. The number of aromatic nitrogens is 1. The first-order valence-corrected chi connectivity index (χ1v) is 11.4. The van der Waals surface area contributed by atoms with Gasteiger partial charge in [-0.25, -0.2) is 18.1 Å². The van der Waals surface area contributed by atoms with Crippen molar-refractivity contribution in [3.8, 4) is 11.3 Å². The molecule has 0 saturated carbocycles. The molecule has 1 aliphatic rings. The lowest BCUT2D eigenvalue weighted by molar-refractivity contribution is -0.118. The van der Waals surface area contributed by atoms with Gasteiger partial charge in [0.2, 0.25) is 16.4 Å². The highest BCUT2D eigenvalue weighted by Crippen LogP contribution is 2.31. The van der Waals surface area contributed by atoms with Gasteiger partial charge in [0.15, 0.2) is 0 Å². The third kappa shape index (κ3) is 4.01. The molecule has 0 aliphatic carbocycles. The van der Waals surface area contributed by atoms with Gasteiger partial charge in [0.1, 0.15) is 5.82 Å². The Labute approximate surface area is 176 Å². The fourth-order valence-electron chi connectivity index (χ4n) is 3.69. The molecular weight excluding hydrogens is 400 g/mol. The number of hydrogen-bond donors (Lipinski definition) is 1. The second-order valence-electron chi connectivity index (χ2n) is 7.21. The predicted molar refractivity (Wildman–Crippen MR) is 118 cm³/mol. The second kappa shape index (κ2) is 8.41. The molecule has 7 nitrogen and oxygen atoms in total. The molecule has 1 saturated heterocycles. The van der Waals surface area contributed by atoms with E-state index in [4.69, 9.17) is 4.98 Å². The minimum atomic E-state index is -3.49. The van der Waals surface area contributed by atoms with Gasteiger partial charge < -0.3 is 9.80 Å². The number of carbonyl (C=O) groups excluding carboxylic acids is 1. The van der Waals surface area contributed by atoms with Crippen LogP contribution in [-0.2, 0) is 14.8 Å². The van der Waals surface area contributed by atoms with E-state index in [0.717, 1.165) is 47.3 Å². The van der Waals surface area contributed by atoms with E-state index in [9.17, 15) is 13.2 Å². The van der Waals surface area contributed by atoms with E-state index in [1.807, 2.05) is 18.2 Å². The third-order valence-electron chi connectivity index (χ3n) is 5.28. The summed E-state index contributed by atoms with van der Waals surface area (Å²) in [6.45, 7) is 4.87. The number of pyridine rings is 1. The van der Waals surface area contributed by atoms with Crippen LogP contribution in [0.5, 0.6) is 0 Å². The van der Waals surface area contributed by atoms with Crippen molar-refractivity contribution in [2.75, 3.05) is 37.6 Å². The van der Waals surface area contributed by atoms with Gasteiger partial charge in [-0.1, -0.05) is 43.3 Å². The average Bonchev–Trinajstić information content (AvgIpc) is 2.78.